The van der Waals surface area contributed by atoms with E-state index in [2.05, 4.69) is 72.4 Å². The van der Waals surface area contributed by atoms with Gasteiger partial charge in [0.05, 0.1) is 17.5 Å². The molecule has 1 atom stereocenters. The van der Waals surface area contributed by atoms with Crippen molar-refractivity contribution < 1.29 is 12.8 Å². The van der Waals surface area contributed by atoms with Gasteiger partial charge in [0.25, 0.3) is 0 Å². The van der Waals surface area contributed by atoms with E-state index >= 15 is 0 Å². The predicted octanol–water partition coefficient (Wildman–Crippen LogP) is 6.77. The Kier molecular flexibility index (Phi) is 9.51. The molecule has 180 valence electrons. The highest BCUT2D eigenvalue weighted by Gasteiger charge is 2.38. The number of rotatable bonds is 9. The third-order valence-corrected chi connectivity index (χ3v) is 12.6. The van der Waals surface area contributed by atoms with Crippen molar-refractivity contribution in [3.63, 3.8) is 0 Å². The normalized spacial score (nSPS) is 13.3. The molecule has 0 aliphatic heterocycles. The average molecular weight is 551 g/mol. The molecule has 0 spiro atoms. The van der Waals surface area contributed by atoms with E-state index in [0.29, 0.717) is 6.42 Å². The molecule has 0 amide bonds. The first-order valence-corrected chi connectivity index (χ1v) is 16.3. The Morgan fingerprint density at radius 2 is 1.82 bits per heavy atom. The van der Waals surface area contributed by atoms with Crippen LogP contribution in [0.15, 0.2) is 75.3 Å². The summed E-state index contributed by atoms with van der Waals surface area (Å²) in [4.78, 5) is 0.247. The minimum absolute atomic E-state index is 0.0293. The molecule has 0 fully saturated rings. The van der Waals surface area contributed by atoms with Crippen molar-refractivity contribution in [2.45, 2.75) is 70.1 Å². The maximum absolute atomic E-state index is 13.1. The highest BCUT2D eigenvalue weighted by molar-refractivity contribution is 9.10. The first-order valence-electron chi connectivity index (χ1n) is 11.1. The van der Waals surface area contributed by atoms with E-state index in [1.165, 1.54) is 0 Å². The zero-order valence-electron chi connectivity index (χ0n) is 20.7. The minimum atomic E-state index is -3.70. The number of benzene rings is 2. The number of hydrogen-bond donors (Lipinski definition) is 1. The molecule has 0 aliphatic rings. The average Bonchev–Trinajstić information content (AvgIpc) is 2.70. The third-order valence-electron chi connectivity index (χ3n) is 6.12. The maximum atomic E-state index is 13.1. The first kappa shape index (κ1) is 27.8. The molecule has 4 nitrogen and oxygen atoms in total. The molecule has 0 radical (unpaired) electrons. The fraction of sp³-hybridized carbons (Fsp3) is 0.423. The van der Waals surface area contributed by atoms with Gasteiger partial charge in [-0.25, -0.2) is 13.1 Å². The van der Waals surface area contributed by atoms with E-state index < -0.39 is 24.4 Å². The Morgan fingerprint density at radius 3 is 2.39 bits per heavy atom. The van der Waals surface area contributed by atoms with E-state index in [9.17, 15) is 8.42 Å². The van der Waals surface area contributed by atoms with E-state index in [0.717, 1.165) is 21.2 Å². The van der Waals surface area contributed by atoms with E-state index in [1.54, 1.807) is 24.3 Å². The van der Waals surface area contributed by atoms with Gasteiger partial charge in [-0.15, -0.1) is 5.73 Å². The van der Waals surface area contributed by atoms with Crippen molar-refractivity contribution in [3.05, 3.63) is 81.5 Å². The molecule has 7 heteroatoms. The molecular weight excluding hydrogens is 514 g/mol. The minimum Gasteiger partial charge on any atom is -0.415 e. The molecule has 2 aromatic carbocycles. The predicted molar refractivity (Wildman–Crippen MR) is 144 cm³/mol. The van der Waals surface area contributed by atoms with Gasteiger partial charge in [-0.3, -0.25) is 0 Å². The summed E-state index contributed by atoms with van der Waals surface area (Å²) < 4.78 is 36.5. The molecule has 1 N–H and O–H groups in total. The SMILES string of the molecule is CC(=C=CCc1cccc(Br)c1)[C@@H](CO[Si](C)(C)C(C)(C)C)NS(=O)(=O)c1ccc(C)cc1. The molecule has 0 unspecified atom stereocenters. The van der Waals surface area contributed by atoms with Gasteiger partial charge in [-0.05, 0) is 79.9 Å². The van der Waals surface area contributed by atoms with Gasteiger partial charge in [0.1, 0.15) is 0 Å². The van der Waals surface area contributed by atoms with Crippen molar-refractivity contribution in [3.8, 4) is 0 Å². The first-order chi connectivity index (χ1) is 15.2. The maximum Gasteiger partial charge on any atom is 0.241 e. The number of sulfonamides is 1. The van der Waals surface area contributed by atoms with Gasteiger partial charge in [0, 0.05) is 4.47 Å². The van der Waals surface area contributed by atoms with E-state index in [4.69, 9.17) is 4.43 Å². The zero-order valence-corrected chi connectivity index (χ0v) is 24.1. The molecule has 0 aliphatic carbocycles. The standard InChI is InChI=1S/C26H36BrNO3SSi/c1-20-14-16-24(17-15-20)32(29,30)28-25(19-31-33(6,7)26(3,4)5)21(2)10-8-11-22-12-9-13-23(27)18-22/h8-9,12-18,25,28H,11,19H2,1-7H3/t10?,25-/m1/s1. The Morgan fingerprint density at radius 1 is 1.18 bits per heavy atom. The van der Waals surface area contributed by atoms with Gasteiger partial charge in [0.15, 0.2) is 8.32 Å². The van der Waals surface area contributed by atoms with Gasteiger partial charge < -0.3 is 4.43 Å². The van der Waals surface area contributed by atoms with Crippen molar-refractivity contribution >= 4 is 34.3 Å². The summed E-state index contributed by atoms with van der Waals surface area (Å²) in [6.45, 7) is 15.0. The molecule has 2 aromatic rings. The Hall–Kier alpha value is -1.47. The lowest BCUT2D eigenvalue weighted by molar-refractivity contribution is 0.268. The van der Waals surface area contributed by atoms with Crippen LogP contribution in [-0.2, 0) is 20.9 Å². The fourth-order valence-electron chi connectivity index (χ4n) is 2.82. The number of nitrogens with one attached hydrogen (secondary N) is 1. The second-order valence-electron chi connectivity index (χ2n) is 9.92. The van der Waals surface area contributed by atoms with Crippen LogP contribution in [0.4, 0.5) is 0 Å². The number of halogens is 1. The molecule has 0 aromatic heterocycles. The van der Waals surface area contributed by atoms with Crippen molar-refractivity contribution in [2.24, 2.45) is 0 Å². The van der Waals surface area contributed by atoms with Crippen molar-refractivity contribution in [1.29, 1.82) is 0 Å². The van der Waals surface area contributed by atoms with Crippen LogP contribution in [0.25, 0.3) is 0 Å². The van der Waals surface area contributed by atoms with Crippen LogP contribution in [0.1, 0.15) is 38.8 Å². The Balaban J connectivity index is 2.30. The number of hydrogen-bond acceptors (Lipinski definition) is 3. The summed E-state index contributed by atoms with van der Waals surface area (Å²) in [7, 11) is -5.76. The highest BCUT2D eigenvalue weighted by Crippen LogP contribution is 2.36. The van der Waals surface area contributed by atoms with Crippen LogP contribution in [0.3, 0.4) is 0 Å². The molecule has 2 rings (SSSR count). The van der Waals surface area contributed by atoms with E-state index in [-0.39, 0.29) is 16.5 Å². The highest BCUT2D eigenvalue weighted by atomic mass is 79.9. The molecule has 0 bridgehead atoms. The van der Waals surface area contributed by atoms with Crippen LogP contribution in [0.2, 0.25) is 18.1 Å². The lowest BCUT2D eigenvalue weighted by Crippen LogP contribution is -2.46. The Labute approximate surface area is 209 Å². The monoisotopic (exact) mass is 549 g/mol. The van der Waals surface area contributed by atoms with Gasteiger partial charge in [-0.1, -0.05) is 66.5 Å². The largest absolute Gasteiger partial charge is 0.415 e. The van der Waals surface area contributed by atoms with Crippen LogP contribution >= 0.6 is 15.9 Å². The summed E-state index contributed by atoms with van der Waals surface area (Å²) in [6.07, 6.45) is 2.65. The van der Waals surface area contributed by atoms with Crippen molar-refractivity contribution in [1.82, 2.24) is 4.72 Å². The zero-order chi connectivity index (χ0) is 24.9. The van der Waals surface area contributed by atoms with Crippen LogP contribution in [0.5, 0.6) is 0 Å². The molecule has 33 heavy (non-hydrogen) atoms. The lowest BCUT2D eigenvalue weighted by Gasteiger charge is -2.37. The van der Waals surface area contributed by atoms with Crippen molar-refractivity contribution in [2.75, 3.05) is 6.61 Å². The summed E-state index contributed by atoms with van der Waals surface area (Å²) >= 11 is 3.49. The molecule has 0 heterocycles. The molecule has 0 saturated heterocycles. The quantitative estimate of drug-likeness (QED) is 0.277. The summed E-state index contributed by atoms with van der Waals surface area (Å²) in [5.41, 5.74) is 6.25. The van der Waals surface area contributed by atoms with Gasteiger partial charge in [0.2, 0.25) is 10.0 Å². The summed E-state index contributed by atoms with van der Waals surface area (Å²) in [5, 5.41) is 0.0293. The second-order valence-corrected chi connectivity index (χ2v) is 17.4. The Bertz CT molecular complexity index is 1110. The third kappa shape index (κ3) is 8.36. The number of aryl methyl sites for hydroxylation is 1. The second kappa shape index (κ2) is 11.3. The summed E-state index contributed by atoms with van der Waals surface area (Å²) in [5.74, 6) is 0. The van der Waals surface area contributed by atoms with Crippen LogP contribution < -0.4 is 4.72 Å². The molecular formula is C26H36BrNO3SSi. The fourth-order valence-corrected chi connectivity index (χ4v) is 5.54. The van der Waals surface area contributed by atoms with Gasteiger partial charge >= 0.3 is 0 Å². The topological polar surface area (TPSA) is 55.4 Å². The van der Waals surface area contributed by atoms with Crippen LogP contribution in [0, 0.1) is 6.92 Å². The van der Waals surface area contributed by atoms with Crippen LogP contribution in [-0.4, -0.2) is 29.4 Å². The van der Waals surface area contributed by atoms with E-state index in [1.807, 2.05) is 32.1 Å². The summed E-state index contributed by atoms with van der Waals surface area (Å²) in [6, 6.07) is 14.5. The smallest absolute Gasteiger partial charge is 0.241 e. The molecule has 0 saturated carbocycles. The lowest BCUT2D eigenvalue weighted by atomic mass is 10.1. The van der Waals surface area contributed by atoms with Gasteiger partial charge in [-0.2, -0.15) is 0 Å².